The predicted octanol–water partition coefficient (Wildman–Crippen LogP) is 4.41. The highest BCUT2D eigenvalue weighted by molar-refractivity contribution is 9.11. The quantitative estimate of drug-likeness (QED) is 0.311. The molecule has 0 spiro atoms. The number of hydrogen-bond donors (Lipinski definition) is 3. The lowest BCUT2D eigenvalue weighted by molar-refractivity contribution is -0.759. The standard InChI is InChI=1S/C17H11Br3N4O2S/c1-27-17-22-16(26)13-7-4-2-3-5-10(7)21-15(24(13)23-17)11-8(18)6-9(19)14(25)12(11)20/h2-6,15H,1H3,(H2,22,23,25,26)/p+1/t15-/m0/s1. The van der Waals surface area contributed by atoms with Crippen LogP contribution in [0.3, 0.4) is 0 Å². The van der Waals surface area contributed by atoms with Gasteiger partial charge in [0.25, 0.3) is 6.17 Å². The van der Waals surface area contributed by atoms with Crippen molar-refractivity contribution in [1.82, 2.24) is 10.1 Å². The average Bonchev–Trinajstić information content (AvgIpc) is 2.65. The van der Waals surface area contributed by atoms with Crippen LogP contribution in [0.15, 0.2) is 53.7 Å². The molecule has 27 heavy (non-hydrogen) atoms. The fraction of sp³-hybridized carbons (Fsp3) is 0.118. The van der Waals surface area contributed by atoms with Crippen LogP contribution >= 0.6 is 59.6 Å². The third kappa shape index (κ3) is 3.12. The summed E-state index contributed by atoms with van der Waals surface area (Å²) in [4.78, 5) is 15.7. The number of nitrogens with zero attached hydrogens (tertiary/aromatic N) is 2. The molecule has 0 saturated heterocycles. The van der Waals surface area contributed by atoms with Crippen molar-refractivity contribution in [3.63, 3.8) is 0 Å². The molecule has 6 nitrogen and oxygen atoms in total. The van der Waals surface area contributed by atoms with Crippen LogP contribution in [0.25, 0.3) is 11.3 Å². The van der Waals surface area contributed by atoms with Crippen LogP contribution in [-0.4, -0.2) is 21.4 Å². The van der Waals surface area contributed by atoms with Gasteiger partial charge in [-0.25, -0.2) is 0 Å². The first-order chi connectivity index (χ1) is 12.9. The van der Waals surface area contributed by atoms with Gasteiger partial charge in [-0.1, -0.05) is 39.8 Å². The molecular formula is C17H12Br3N4O2S+. The second-order valence-electron chi connectivity index (χ2n) is 5.77. The lowest BCUT2D eigenvalue weighted by Crippen LogP contribution is -2.55. The van der Waals surface area contributed by atoms with E-state index in [9.17, 15) is 9.90 Å². The predicted molar refractivity (Wildman–Crippen MR) is 115 cm³/mol. The molecule has 0 bridgehead atoms. The summed E-state index contributed by atoms with van der Waals surface area (Å²) in [5, 5.41) is 18.9. The summed E-state index contributed by atoms with van der Waals surface area (Å²) in [5.74, 6) is 0.0749. The summed E-state index contributed by atoms with van der Waals surface area (Å²) >= 11 is 11.7. The molecule has 1 aliphatic heterocycles. The van der Waals surface area contributed by atoms with Crippen molar-refractivity contribution < 1.29 is 9.79 Å². The molecule has 0 unspecified atom stereocenters. The molecule has 2 heterocycles. The van der Waals surface area contributed by atoms with Crippen molar-refractivity contribution in [2.45, 2.75) is 11.3 Å². The molecule has 0 amide bonds. The monoisotopic (exact) mass is 573 g/mol. The third-order valence-corrected chi connectivity index (χ3v) is 6.86. The SMILES string of the molecule is CSc1n[n+]2c(c(=O)[nH]1)-c1ccccc1N[C@@H]2c1c(Br)cc(Br)c(O)c1Br. The van der Waals surface area contributed by atoms with E-state index in [-0.39, 0.29) is 11.3 Å². The van der Waals surface area contributed by atoms with Crippen molar-refractivity contribution in [2.24, 2.45) is 0 Å². The maximum Gasteiger partial charge on any atom is 0.325 e. The molecule has 3 aromatic rings. The molecule has 0 fully saturated rings. The Bertz CT molecular complexity index is 1140. The molecule has 10 heteroatoms. The zero-order valence-corrected chi connectivity index (χ0v) is 19.3. The molecule has 0 radical (unpaired) electrons. The molecule has 2 aromatic carbocycles. The third-order valence-electron chi connectivity index (χ3n) is 4.23. The Kier molecular flexibility index (Phi) is 5.08. The van der Waals surface area contributed by atoms with Crippen LogP contribution in [0, 0.1) is 0 Å². The summed E-state index contributed by atoms with van der Waals surface area (Å²) in [5.41, 5.74) is 2.54. The minimum Gasteiger partial charge on any atom is -0.506 e. The zero-order chi connectivity index (χ0) is 19.3. The maximum absolute atomic E-state index is 12.8. The normalized spacial score (nSPS) is 15.0. The van der Waals surface area contributed by atoms with Gasteiger partial charge in [0, 0.05) is 9.57 Å². The molecular weight excluding hydrogens is 564 g/mol. The number of fused-ring (bicyclic) bond motifs is 3. The van der Waals surface area contributed by atoms with E-state index in [0.29, 0.717) is 19.8 Å². The van der Waals surface area contributed by atoms with Gasteiger partial charge in [-0.3, -0.25) is 9.78 Å². The van der Waals surface area contributed by atoms with Gasteiger partial charge in [0.1, 0.15) is 5.75 Å². The van der Waals surface area contributed by atoms with Gasteiger partial charge < -0.3 is 10.4 Å². The average molecular weight is 576 g/mol. The van der Waals surface area contributed by atoms with E-state index in [1.54, 1.807) is 10.7 Å². The number of nitrogens with one attached hydrogen (secondary N) is 2. The fourth-order valence-electron chi connectivity index (χ4n) is 3.02. The van der Waals surface area contributed by atoms with E-state index in [4.69, 9.17) is 0 Å². The zero-order valence-electron chi connectivity index (χ0n) is 13.8. The topological polar surface area (TPSA) is 81.9 Å². The van der Waals surface area contributed by atoms with Gasteiger partial charge >= 0.3 is 11.3 Å². The molecule has 3 N–H and O–H groups in total. The van der Waals surface area contributed by atoms with Gasteiger partial charge in [0.2, 0.25) is 5.16 Å². The van der Waals surface area contributed by atoms with Crippen LogP contribution in [0.2, 0.25) is 0 Å². The number of H-pyrrole nitrogens is 1. The number of aromatic amines is 1. The van der Waals surface area contributed by atoms with Gasteiger partial charge in [-0.15, -0.1) is 0 Å². The molecule has 1 aromatic heterocycles. The molecule has 0 aliphatic carbocycles. The van der Waals surface area contributed by atoms with Gasteiger partial charge in [-0.05, 0) is 61.0 Å². The number of anilines is 1. The Morgan fingerprint density at radius 1 is 1.22 bits per heavy atom. The van der Waals surface area contributed by atoms with E-state index < -0.39 is 6.17 Å². The lowest BCUT2D eigenvalue weighted by Gasteiger charge is -2.24. The number of thioether (sulfide) groups is 1. The van der Waals surface area contributed by atoms with Gasteiger partial charge in [0.15, 0.2) is 0 Å². The highest BCUT2D eigenvalue weighted by Crippen LogP contribution is 2.43. The van der Waals surface area contributed by atoms with E-state index in [2.05, 4.69) is 63.2 Å². The number of phenols is 1. The minimum atomic E-state index is -0.508. The second kappa shape index (κ2) is 7.23. The Labute approximate surface area is 183 Å². The summed E-state index contributed by atoms with van der Waals surface area (Å²) in [6.07, 6.45) is 1.34. The summed E-state index contributed by atoms with van der Waals surface area (Å²) in [6.45, 7) is 0. The second-order valence-corrected chi connectivity index (χ2v) is 9.06. The van der Waals surface area contributed by atoms with Crippen LogP contribution in [0.1, 0.15) is 11.7 Å². The Morgan fingerprint density at radius 2 is 1.96 bits per heavy atom. The molecule has 0 saturated carbocycles. The van der Waals surface area contributed by atoms with Crippen LogP contribution in [0.5, 0.6) is 5.75 Å². The molecule has 138 valence electrons. The highest BCUT2D eigenvalue weighted by Gasteiger charge is 2.40. The smallest absolute Gasteiger partial charge is 0.325 e. The van der Waals surface area contributed by atoms with Crippen molar-refractivity contribution in [2.75, 3.05) is 11.6 Å². The largest absolute Gasteiger partial charge is 0.506 e. The van der Waals surface area contributed by atoms with Crippen molar-refractivity contribution in [3.05, 3.63) is 59.7 Å². The fourth-order valence-corrected chi connectivity index (χ4v) is 5.94. The van der Waals surface area contributed by atoms with Gasteiger partial charge in [0.05, 0.1) is 25.8 Å². The number of para-hydroxylation sites is 1. The first-order valence-corrected chi connectivity index (χ1v) is 11.3. The van der Waals surface area contributed by atoms with Crippen LogP contribution in [0.4, 0.5) is 5.69 Å². The van der Waals surface area contributed by atoms with E-state index >= 15 is 0 Å². The molecule has 1 atom stereocenters. The highest BCUT2D eigenvalue weighted by atomic mass is 79.9. The summed E-state index contributed by atoms with van der Waals surface area (Å²) in [6, 6.07) is 9.34. The number of hydrogen-bond acceptors (Lipinski definition) is 5. The summed E-state index contributed by atoms with van der Waals surface area (Å²) < 4.78 is 3.47. The van der Waals surface area contributed by atoms with Crippen molar-refractivity contribution in [1.29, 1.82) is 0 Å². The lowest BCUT2D eigenvalue weighted by atomic mass is 10.0. The van der Waals surface area contributed by atoms with E-state index in [0.717, 1.165) is 21.3 Å². The Morgan fingerprint density at radius 3 is 2.70 bits per heavy atom. The first kappa shape index (κ1) is 19.0. The number of benzene rings is 2. The Balaban J connectivity index is 2.05. The number of phenolic OH excluding ortho intramolecular Hbond substituents is 1. The van der Waals surface area contributed by atoms with E-state index in [1.807, 2.05) is 30.5 Å². The Hall–Kier alpha value is -1.36. The van der Waals surface area contributed by atoms with Gasteiger partial charge in [-0.2, -0.15) is 0 Å². The minimum absolute atomic E-state index is 0.0749. The molecule has 1 aliphatic rings. The summed E-state index contributed by atoms with van der Waals surface area (Å²) in [7, 11) is 0. The van der Waals surface area contributed by atoms with Crippen molar-refractivity contribution >= 4 is 65.2 Å². The van der Waals surface area contributed by atoms with Crippen LogP contribution in [-0.2, 0) is 0 Å². The number of aromatic nitrogens is 3. The first-order valence-electron chi connectivity index (χ1n) is 7.74. The number of halogens is 3. The number of rotatable bonds is 2. The maximum atomic E-state index is 12.8. The number of aromatic hydroxyl groups is 1. The molecule has 4 rings (SSSR count). The van der Waals surface area contributed by atoms with E-state index in [1.165, 1.54) is 11.8 Å². The van der Waals surface area contributed by atoms with Crippen molar-refractivity contribution in [3.8, 4) is 17.0 Å². The van der Waals surface area contributed by atoms with Crippen LogP contribution < -0.4 is 15.6 Å².